The Morgan fingerprint density at radius 2 is 1.95 bits per heavy atom. The maximum atomic E-state index is 11.9. The molecular weight excluding hydrogens is 346 g/mol. The minimum Gasteiger partial charge on any atom is -0.273 e. The van der Waals surface area contributed by atoms with E-state index in [4.69, 9.17) is 0 Å². The van der Waals surface area contributed by atoms with E-state index < -0.39 is 25.8 Å². The van der Waals surface area contributed by atoms with Gasteiger partial charge in [-0.1, -0.05) is 30.3 Å². The first kappa shape index (κ1) is 17.3. The number of sulfone groups is 1. The molecule has 9 heteroatoms. The second-order valence-corrected chi connectivity index (χ2v) is 10.3. The maximum absolute atomic E-state index is 11.9. The summed E-state index contributed by atoms with van der Waals surface area (Å²) in [7, 11) is -6.72. The summed E-state index contributed by atoms with van der Waals surface area (Å²) in [5.41, 5.74) is 0.595. The molecule has 1 fully saturated rings. The number of benzene rings is 1. The van der Waals surface area contributed by atoms with Crippen LogP contribution in [-0.4, -0.2) is 45.3 Å². The van der Waals surface area contributed by atoms with E-state index in [1.54, 1.807) is 30.3 Å². The largest absolute Gasteiger partial charge is 0.273 e. The number of sulfonamides is 1. The van der Waals surface area contributed by atoms with Gasteiger partial charge in [0.2, 0.25) is 15.9 Å². The Hall–Kier alpha value is -1.06. The van der Waals surface area contributed by atoms with Crippen LogP contribution in [0.4, 0.5) is 0 Å². The van der Waals surface area contributed by atoms with Crippen LogP contribution >= 0.6 is 11.8 Å². The van der Waals surface area contributed by atoms with Gasteiger partial charge in [0.1, 0.15) is 0 Å². The van der Waals surface area contributed by atoms with E-state index in [1.165, 1.54) is 11.8 Å². The summed E-state index contributed by atoms with van der Waals surface area (Å²) >= 11 is 1.19. The van der Waals surface area contributed by atoms with Crippen LogP contribution in [0.3, 0.4) is 0 Å². The van der Waals surface area contributed by atoms with Crippen LogP contribution in [-0.2, 0) is 30.4 Å². The van der Waals surface area contributed by atoms with Gasteiger partial charge in [-0.25, -0.2) is 16.8 Å². The molecule has 0 aromatic heterocycles. The van der Waals surface area contributed by atoms with Gasteiger partial charge in [-0.2, -0.15) is 0 Å². The van der Waals surface area contributed by atoms with Gasteiger partial charge in [-0.05, 0) is 12.0 Å². The average Bonchev–Trinajstić information content (AvgIpc) is 2.76. The first-order valence-electron chi connectivity index (χ1n) is 6.65. The zero-order chi connectivity index (χ0) is 16.2. The quantitative estimate of drug-likeness (QED) is 0.793. The second-order valence-electron chi connectivity index (χ2n) is 5.11. The lowest BCUT2D eigenvalue weighted by atomic mass is 10.2. The minimum atomic E-state index is -3.73. The summed E-state index contributed by atoms with van der Waals surface area (Å²) in [6.07, 6.45) is 0.511. The highest BCUT2D eigenvalue weighted by molar-refractivity contribution is 8.02. The monoisotopic (exact) mass is 363 g/mol. The number of rotatable bonds is 6. The number of amides is 1. The molecule has 1 saturated heterocycles. The molecule has 1 aliphatic rings. The molecule has 1 N–H and O–H groups in total. The van der Waals surface area contributed by atoms with Crippen molar-refractivity contribution in [2.45, 2.75) is 17.4 Å². The Labute approximate surface area is 134 Å². The van der Waals surface area contributed by atoms with E-state index >= 15 is 0 Å². The van der Waals surface area contributed by atoms with Crippen molar-refractivity contribution in [3.05, 3.63) is 35.9 Å². The van der Waals surface area contributed by atoms with Crippen molar-refractivity contribution in [3.63, 3.8) is 0 Å². The van der Waals surface area contributed by atoms with Crippen LogP contribution in [0.25, 0.3) is 0 Å². The van der Waals surface area contributed by atoms with E-state index in [2.05, 4.69) is 0 Å². The van der Waals surface area contributed by atoms with E-state index in [9.17, 15) is 21.6 Å². The summed E-state index contributed by atoms with van der Waals surface area (Å²) in [4.78, 5) is 11.7. The van der Waals surface area contributed by atoms with Crippen LogP contribution < -0.4 is 4.72 Å². The van der Waals surface area contributed by atoms with Crippen molar-refractivity contribution in [2.75, 3.05) is 17.3 Å². The van der Waals surface area contributed by atoms with Gasteiger partial charge in [0.25, 0.3) is 0 Å². The topological polar surface area (TPSA) is 97.4 Å². The summed E-state index contributed by atoms with van der Waals surface area (Å²) < 4.78 is 48.4. The fraction of sp³-hybridized carbons (Fsp3) is 0.462. The van der Waals surface area contributed by atoms with Crippen molar-refractivity contribution in [1.82, 2.24) is 4.72 Å². The lowest BCUT2D eigenvalue weighted by Gasteiger charge is -2.09. The van der Waals surface area contributed by atoms with Crippen molar-refractivity contribution in [1.29, 1.82) is 0 Å². The fourth-order valence-electron chi connectivity index (χ4n) is 2.12. The fourth-order valence-corrected chi connectivity index (χ4v) is 6.78. The van der Waals surface area contributed by atoms with Crippen molar-refractivity contribution >= 4 is 37.5 Å². The van der Waals surface area contributed by atoms with Crippen LogP contribution in [0, 0.1) is 0 Å². The molecule has 0 aliphatic carbocycles. The Kier molecular flexibility index (Phi) is 5.51. The Morgan fingerprint density at radius 1 is 1.27 bits per heavy atom. The Balaban J connectivity index is 1.81. The smallest absolute Gasteiger partial charge is 0.243 e. The molecular formula is C13H17NO5S3. The predicted molar refractivity (Wildman–Crippen MR) is 86.7 cm³/mol. The van der Waals surface area contributed by atoms with E-state index in [-0.39, 0.29) is 28.3 Å². The van der Waals surface area contributed by atoms with E-state index in [0.29, 0.717) is 12.0 Å². The number of thioether (sulfide) groups is 1. The van der Waals surface area contributed by atoms with E-state index in [0.717, 1.165) is 0 Å². The zero-order valence-corrected chi connectivity index (χ0v) is 14.2. The molecule has 1 unspecified atom stereocenters. The van der Waals surface area contributed by atoms with Gasteiger partial charge in [-0.3, -0.25) is 9.52 Å². The molecule has 0 spiro atoms. The van der Waals surface area contributed by atoms with Crippen LogP contribution in [0.2, 0.25) is 0 Å². The molecule has 1 atom stereocenters. The van der Waals surface area contributed by atoms with Gasteiger partial charge < -0.3 is 0 Å². The number of carbonyl (C=O) groups excluding carboxylic acids is 1. The van der Waals surface area contributed by atoms with Crippen LogP contribution in [0.5, 0.6) is 0 Å². The maximum Gasteiger partial charge on any atom is 0.243 e. The van der Waals surface area contributed by atoms with Gasteiger partial charge in [0, 0.05) is 5.25 Å². The van der Waals surface area contributed by atoms with Gasteiger partial charge in [0.05, 0.1) is 23.0 Å². The summed E-state index contributed by atoms with van der Waals surface area (Å²) in [5, 5.41) is -0.132. The van der Waals surface area contributed by atoms with Gasteiger partial charge in [-0.15, -0.1) is 11.8 Å². The highest BCUT2D eigenvalue weighted by atomic mass is 32.2. The van der Waals surface area contributed by atoms with Crippen molar-refractivity contribution in [2.24, 2.45) is 0 Å². The molecule has 22 heavy (non-hydrogen) atoms. The number of nitrogens with one attached hydrogen (secondary N) is 1. The number of hydrogen-bond acceptors (Lipinski definition) is 6. The van der Waals surface area contributed by atoms with Gasteiger partial charge >= 0.3 is 0 Å². The summed E-state index contributed by atoms with van der Waals surface area (Å²) in [6.45, 7) is 0. The number of hydrogen-bond donors (Lipinski definition) is 1. The highest BCUT2D eigenvalue weighted by Crippen LogP contribution is 2.24. The highest BCUT2D eigenvalue weighted by Gasteiger charge is 2.28. The molecule has 2 rings (SSSR count). The number of carbonyl (C=O) groups is 1. The molecule has 0 saturated carbocycles. The third-order valence-electron chi connectivity index (χ3n) is 3.11. The first-order valence-corrected chi connectivity index (χ1v) is 11.2. The normalized spacial score (nSPS) is 20.6. The lowest BCUT2D eigenvalue weighted by molar-refractivity contribution is -0.116. The molecule has 0 bridgehead atoms. The molecule has 0 radical (unpaired) electrons. The van der Waals surface area contributed by atoms with E-state index in [1.807, 2.05) is 4.72 Å². The third-order valence-corrected chi connectivity index (χ3v) is 7.64. The van der Waals surface area contributed by atoms with Crippen LogP contribution in [0.1, 0.15) is 12.0 Å². The van der Waals surface area contributed by atoms with Crippen LogP contribution in [0.15, 0.2) is 30.3 Å². The second kappa shape index (κ2) is 7.01. The molecule has 122 valence electrons. The Morgan fingerprint density at radius 3 is 2.55 bits per heavy atom. The minimum absolute atomic E-state index is 0.0573. The van der Waals surface area contributed by atoms with Crippen molar-refractivity contribution < 1.29 is 21.6 Å². The zero-order valence-electron chi connectivity index (χ0n) is 11.8. The average molecular weight is 363 g/mol. The molecule has 1 aromatic carbocycles. The Bertz CT molecular complexity index is 728. The van der Waals surface area contributed by atoms with Crippen molar-refractivity contribution in [3.8, 4) is 0 Å². The summed E-state index contributed by atoms with van der Waals surface area (Å²) in [6, 6.07) is 8.57. The molecule has 1 aromatic rings. The predicted octanol–water partition coefficient (Wildman–Crippen LogP) is 0.553. The first-order chi connectivity index (χ1) is 10.3. The SMILES string of the molecule is O=C(CSC1CCS(=O)(=O)C1)NS(=O)(=O)Cc1ccccc1. The summed E-state index contributed by atoms with van der Waals surface area (Å²) in [5.74, 6) is -0.749. The third kappa shape index (κ3) is 5.62. The molecule has 6 nitrogen and oxygen atoms in total. The standard InChI is InChI=1S/C13H17NO5S3/c15-13(8-20-12-6-7-21(16,17)10-12)14-22(18,19)9-11-4-2-1-3-5-11/h1-5,12H,6-10H2,(H,14,15). The van der Waals surface area contributed by atoms with Gasteiger partial charge in [0.15, 0.2) is 9.84 Å². The molecule has 1 aliphatic heterocycles. The lowest BCUT2D eigenvalue weighted by Crippen LogP contribution is -2.33. The molecule has 1 heterocycles. The molecule has 1 amide bonds.